The van der Waals surface area contributed by atoms with Crippen LogP contribution >= 0.6 is 0 Å². The fourth-order valence-electron chi connectivity index (χ4n) is 1.70. The first kappa shape index (κ1) is 13.5. The molecule has 0 aliphatic carbocycles. The number of para-hydroxylation sites is 1. The van der Waals surface area contributed by atoms with Crippen LogP contribution in [-0.2, 0) is 11.3 Å². The van der Waals surface area contributed by atoms with E-state index in [1.807, 2.05) is 31.3 Å². The van der Waals surface area contributed by atoms with Gasteiger partial charge in [0, 0.05) is 18.5 Å². The Morgan fingerprint density at radius 2 is 2.12 bits per heavy atom. The molecule has 1 aromatic carbocycles. The van der Waals surface area contributed by atoms with Gasteiger partial charge in [0.1, 0.15) is 5.75 Å². The summed E-state index contributed by atoms with van der Waals surface area (Å²) in [6.07, 6.45) is 0.886. The summed E-state index contributed by atoms with van der Waals surface area (Å²) in [5, 5.41) is 8.56. The van der Waals surface area contributed by atoms with Gasteiger partial charge >= 0.3 is 5.97 Å². The van der Waals surface area contributed by atoms with E-state index in [0.29, 0.717) is 6.42 Å². The molecular weight excluding hydrogens is 218 g/mol. The molecule has 94 valence electrons. The minimum Gasteiger partial charge on any atom is -0.496 e. The van der Waals surface area contributed by atoms with Crippen LogP contribution < -0.4 is 4.74 Å². The maximum Gasteiger partial charge on any atom is 0.303 e. The second-order valence-corrected chi connectivity index (χ2v) is 4.05. The second kappa shape index (κ2) is 6.91. The third kappa shape index (κ3) is 4.87. The van der Waals surface area contributed by atoms with Gasteiger partial charge in [-0.1, -0.05) is 18.2 Å². The molecule has 0 spiro atoms. The molecular formula is C13H19NO3. The van der Waals surface area contributed by atoms with Crippen LogP contribution in [0.25, 0.3) is 0 Å². The topological polar surface area (TPSA) is 49.8 Å². The molecule has 17 heavy (non-hydrogen) atoms. The van der Waals surface area contributed by atoms with E-state index in [1.54, 1.807) is 7.11 Å². The van der Waals surface area contributed by atoms with Crippen molar-refractivity contribution in [1.29, 1.82) is 0 Å². The Bertz CT molecular complexity index is 365. The highest BCUT2D eigenvalue weighted by Gasteiger charge is 2.06. The number of methoxy groups -OCH3 is 1. The monoisotopic (exact) mass is 237 g/mol. The first-order valence-corrected chi connectivity index (χ1v) is 5.65. The third-order valence-corrected chi connectivity index (χ3v) is 2.56. The van der Waals surface area contributed by atoms with Crippen molar-refractivity contribution in [3.63, 3.8) is 0 Å². The molecule has 1 N–H and O–H groups in total. The average Bonchev–Trinajstić information content (AvgIpc) is 2.29. The normalized spacial score (nSPS) is 10.5. The smallest absolute Gasteiger partial charge is 0.303 e. The molecule has 0 aromatic heterocycles. The Kier molecular flexibility index (Phi) is 5.49. The van der Waals surface area contributed by atoms with Crippen LogP contribution in [0.1, 0.15) is 18.4 Å². The first-order valence-electron chi connectivity index (χ1n) is 5.65. The number of nitrogens with zero attached hydrogens (tertiary/aromatic N) is 1. The Balaban J connectivity index is 2.44. The Morgan fingerprint density at radius 1 is 1.41 bits per heavy atom. The van der Waals surface area contributed by atoms with Crippen LogP contribution in [-0.4, -0.2) is 36.7 Å². The van der Waals surface area contributed by atoms with Crippen LogP contribution in [0, 0.1) is 0 Å². The van der Waals surface area contributed by atoms with Crippen molar-refractivity contribution in [2.45, 2.75) is 19.4 Å². The zero-order valence-corrected chi connectivity index (χ0v) is 10.3. The molecule has 1 rings (SSSR count). The van der Waals surface area contributed by atoms with Gasteiger partial charge in [0.25, 0.3) is 0 Å². The zero-order chi connectivity index (χ0) is 12.7. The van der Waals surface area contributed by atoms with E-state index in [0.717, 1.165) is 24.4 Å². The number of aliphatic carboxylic acids is 1. The average molecular weight is 237 g/mol. The Morgan fingerprint density at radius 3 is 2.76 bits per heavy atom. The number of carboxylic acid groups (broad SMARTS) is 1. The summed E-state index contributed by atoms with van der Waals surface area (Å²) in [5.74, 6) is 0.133. The number of carboxylic acids is 1. The zero-order valence-electron chi connectivity index (χ0n) is 10.3. The number of ether oxygens (including phenoxy) is 1. The molecule has 0 radical (unpaired) electrons. The van der Waals surface area contributed by atoms with Gasteiger partial charge in [0.15, 0.2) is 0 Å². The fourth-order valence-corrected chi connectivity index (χ4v) is 1.70. The van der Waals surface area contributed by atoms with Gasteiger partial charge in [-0.3, -0.25) is 4.79 Å². The molecule has 4 heteroatoms. The van der Waals surface area contributed by atoms with E-state index in [1.165, 1.54) is 0 Å². The number of carbonyl (C=O) groups is 1. The first-order chi connectivity index (χ1) is 8.13. The minimum atomic E-state index is -0.740. The van der Waals surface area contributed by atoms with E-state index < -0.39 is 5.97 Å². The molecule has 0 amide bonds. The minimum absolute atomic E-state index is 0.219. The molecule has 4 nitrogen and oxygen atoms in total. The highest BCUT2D eigenvalue weighted by Crippen LogP contribution is 2.18. The predicted octanol–water partition coefficient (Wildman–Crippen LogP) is 1.99. The quantitative estimate of drug-likeness (QED) is 0.788. The van der Waals surface area contributed by atoms with Crippen LogP contribution in [0.2, 0.25) is 0 Å². The lowest BCUT2D eigenvalue weighted by atomic mass is 10.2. The number of hydrogen-bond donors (Lipinski definition) is 1. The van der Waals surface area contributed by atoms with E-state index in [2.05, 4.69) is 4.90 Å². The van der Waals surface area contributed by atoms with Crippen molar-refractivity contribution in [3.05, 3.63) is 29.8 Å². The molecule has 1 aromatic rings. The summed E-state index contributed by atoms with van der Waals surface area (Å²) in [4.78, 5) is 12.5. The van der Waals surface area contributed by atoms with Crippen LogP contribution in [0.5, 0.6) is 5.75 Å². The van der Waals surface area contributed by atoms with Crippen LogP contribution in [0.3, 0.4) is 0 Å². The molecule has 0 unspecified atom stereocenters. The molecule has 0 bridgehead atoms. The van der Waals surface area contributed by atoms with E-state index in [-0.39, 0.29) is 6.42 Å². The van der Waals surface area contributed by atoms with Gasteiger partial charge in [-0.2, -0.15) is 0 Å². The van der Waals surface area contributed by atoms with Crippen molar-refractivity contribution in [2.75, 3.05) is 20.7 Å². The lowest BCUT2D eigenvalue weighted by Crippen LogP contribution is -2.20. The summed E-state index contributed by atoms with van der Waals surface area (Å²) >= 11 is 0. The summed E-state index contributed by atoms with van der Waals surface area (Å²) in [5.41, 5.74) is 1.12. The van der Waals surface area contributed by atoms with Crippen molar-refractivity contribution in [2.24, 2.45) is 0 Å². The molecule has 0 heterocycles. The maximum atomic E-state index is 10.4. The standard InChI is InChI=1S/C13H19NO3/c1-14(9-5-8-13(15)16)10-11-6-3-4-7-12(11)17-2/h3-4,6-7H,5,8-10H2,1-2H3,(H,15,16). The maximum absolute atomic E-state index is 10.4. The number of hydrogen-bond acceptors (Lipinski definition) is 3. The van der Waals surface area contributed by atoms with Gasteiger partial charge < -0.3 is 14.7 Å². The van der Waals surface area contributed by atoms with Crippen LogP contribution in [0.4, 0.5) is 0 Å². The second-order valence-electron chi connectivity index (χ2n) is 4.05. The van der Waals surface area contributed by atoms with Gasteiger partial charge in [0.2, 0.25) is 0 Å². The van der Waals surface area contributed by atoms with Crippen LogP contribution in [0.15, 0.2) is 24.3 Å². The highest BCUT2D eigenvalue weighted by atomic mass is 16.5. The molecule has 0 atom stereocenters. The molecule has 0 saturated heterocycles. The SMILES string of the molecule is COc1ccccc1CN(C)CCCC(=O)O. The number of rotatable bonds is 7. The lowest BCUT2D eigenvalue weighted by molar-refractivity contribution is -0.137. The molecule has 0 saturated carbocycles. The largest absolute Gasteiger partial charge is 0.496 e. The third-order valence-electron chi connectivity index (χ3n) is 2.56. The lowest BCUT2D eigenvalue weighted by Gasteiger charge is -2.17. The highest BCUT2D eigenvalue weighted by molar-refractivity contribution is 5.66. The Labute approximate surface area is 102 Å². The summed E-state index contributed by atoms with van der Waals surface area (Å²) in [6, 6.07) is 7.86. The van der Waals surface area contributed by atoms with Crippen molar-refractivity contribution in [1.82, 2.24) is 4.90 Å². The van der Waals surface area contributed by atoms with Gasteiger partial charge in [-0.25, -0.2) is 0 Å². The molecule has 0 aliphatic rings. The molecule has 0 fully saturated rings. The predicted molar refractivity (Wildman–Crippen MR) is 66.2 cm³/mol. The van der Waals surface area contributed by atoms with Crippen molar-refractivity contribution in [3.8, 4) is 5.75 Å². The molecule has 0 aliphatic heterocycles. The van der Waals surface area contributed by atoms with E-state index in [9.17, 15) is 4.79 Å². The summed E-state index contributed by atoms with van der Waals surface area (Å²) in [7, 11) is 3.64. The van der Waals surface area contributed by atoms with Crippen molar-refractivity contribution >= 4 is 5.97 Å². The van der Waals surface area contributed by atoms with E-state index >= 15 is 0 Å². The van der Waals surface area contributed by atoms with Gasteiger partial charge in [0.05, 0.1) is 7.11 Å². The Hall–Kier alpha value is -1.55. The summed E-state index contributed by atoms with van der Waals surface area (Å²) in [6.45, 7) is 1.54. The van der Waals surface area contributed by atoms with Crippen molar-refractivity contribution < 1.29 is 14.6 Å². The summed E-state index contributed by atoms with van der Waals surface area (Å²) < 4.78 is 5.27. The van der Waals surface area contributed by atoms with E-state index in [4.69, 9.17) is 9.84 Å². The number of benzene rings is 1. The van der Waals surface area contributed by atoms with Gasteiger partial charge in [-0.15, -0.1) is 0 Å². The van der Waals surface area contributed by atoms with Gasteiger partial charge in [-0.05, 0) is 26.1 Å². The fraction of sp³-hybridized carbons (Fsp3) is 0.462.